The van der Waals surface area contributed by atoms with E-state index in [-0.39, 0.29) is 23.8 Å². The number of carboxylic acid groups (broad SMARTS) is 1. The first-order valence-corrected chi connectivity index (χ1v) is 13.0. The third kappa shape index (κ3) is 5.58. The van der Waals surface area contributed by atoms with Gasteiger partial charge in [-0.1, -0.05) is 62.4 Å². The van der Waals surface area contributed by atoms with Crippen molar-refractivity contribution in [1.29, 1.82) is 0 Å². The average molecular weight is 509 g/mol. The first-order chi connectivity index (χ1) is 17.1. The molecule has 1 aliphatic heterocycles. The van der Waals surface area contributed by atoms with Gasteiger partial charge in [0.05, 0.1) is 11.5 Å². The summed E-state index contributed by atoms with van der Waals surface area (Å²) < 4.78 is 33.0. The molecule has 0 radical (unpaired) electrons. The molecular weight excluding hydrogens is 480 g/mol. The molecule has 9 heteroatoms. The summed E-state index contributed by atoms with van der Waals surface area (Å²) in [6.45, 7) is 4.24. The summed E-state index contributed by atoms with van der Waals surface area (Å²) in [6.07, 6.45) is -0.403. The molecule has 1 amide bonds. The number of carbonyl (C=O) groups is 2. The lowest BCUT2D eigenvalue weighted by Gasteiger charge is -2.33. The van der Waals surface area contributed by atoms with Crippen molar-refractivity contribution in [1.82, 2.24) is 4.31 Å². The molecule has 0 spiro atoms. The Labute approximate surface area is 210 Å². The van der Waals surface area contributed by atoms with Crippen LogP contribution in [0.4, 0.5) is 10.5 Å². The number of carboxylic acids is 1. The second kappa shape index (κ2) is 10.5. The van der Waals surface area contributed by atoms with Crippen LogP contribution >= 0.6 is 0 Å². The van der Waals surface area contributed by atoms with E-state index < -0.39 is 28.1 Å². The predicted octanol–water partition coefficient (Wildman–Crippen LogP) is 4.76. The normalized spacial score (nSPS) is 15.8. The Morgan fingerprint density at radius 3 is 2.14 bits per heavy atom. The average Bonchev–Trinajstić information content (AvgIpc) is 2.87. The minimum atomic E-state index is -4.04. The molecule has 3 aromatic rings. The van der Waals surface area contributed by atoms with Crippen LogP contribution in [0.5, 0.6) is 0 Å². The zero-order valence-electron chi connectivity index (χ0n) is 20.0. The van der Waals surface area contributed by atoms with E-state index in [1.54, 1.807) is 24.3 Å². The van der Waals surface area contributed by atoms with Crippen LogP contribution in [0.25, 0.3) is 11.1 Å². The topological polar surface area (TPSA) is 113 Å². The zero-order chi connectivity index (χ0) is 25.9. The molecule has 1 heterocycles. The molecule has 1 atom stereocenters. The highest BCUT2D eigenvalue weighted by atomic mass is 32.2. The van der Waals surface area contributed by atoms with E-state index in [0.29, 0.717) is 12.3 Å². The number of fused-ring (bicyclic) bond motifs is 1. The Kier molecular flexibility index (Phi) is 7.42. The zero-order valence-corrected chi connectivity index (χ0v) is 20.9. The van der Waals surface area contributed by atoms with Gasteiger partial charge in [-0.3, -0.25) is 10.1 Å². The van der Waals surface area contributed by atoms with Crippen LogP contribution in [0.2, 0.25) is 0 Å². The van der Waals surface area contributed by atoms with Gasteiger partial charge in [0.25, 0.3) is 0 Å². The van der Waals surface area contributed by atoms with Gasteiger partial charge < -0.3 is 9.84 Å². The fourth-order valence-corrected chi connectivity index (χ4v) is 5.62. The second-order valence-electron chi connectivity index (χ2n) is 9.10. The molecule has 0 saturated heterocycles. The van der Waals surface area contributed by atoms with Crippen LogP contribution < -0.4 is 5.32 Å². The first kappa shape index (κ1) is 25.4. The minimum Gasteiger partial charge on any atom is -0.480 e. The van der Waals surface area contributed by atoms with Gasteiger partial charge >= 0.3 is 12.1 Å². The van der Waals surface area contributed by atoms with E-state index in [0.717, 1.165) is 26.6 Å². The van der Waals surface area contributed by atoms with E-state index in [4.69, 9.17) is 4.74 Å². The fraction of sp³-hybridized carbons (Fsp3) is 0.259. The molecule has 0 bridgehead atoms. The summed E-state index contributed by atoms with van der Waals surface area (Å²) in [4.78, 5) is 23.8. The van der Waals surface area contributed by atoms with Gasteiger partial charge in [0, 0.05) is 18.7 Å². The van der Waals surface area contributed by atoms with Crippen molar-refractivity contribution in [3.8, 4) is 11.1 Å². The van der Waals surface area contributed by atoms with Gasteiger partial charge in [0.15, 0.2) is 0 Å². The van der Waals surface area contributed by atoms with Crippen LogP contribution in [-0.2, 0) is 32.5 Å². The monoisotopic (exact) mass is 508 g/mol. The van der Waals surface area contributed by atoms with Crippen molar-refractivity contribution in [2.45, 2.75) is 37.8 Å². The highest BCUT2D eigenvalue weighted by Gasteiger charge is 2.39. The summed E-state index contributed by atoms with van der Waals surface area (Å²) in [5, 5.41) is 12.4. The molecule has 3 aromatic carbocycles. The molecule has 0 saturated carbocycles. The molecule has 188 valence electrons. The van der Waals surface area contributed by atoms with Crippen LogP contribution in [0.15, 0.2) is 77.7 Å². The maximum Gasteiger partial charge on any atom is 0.411 e. The lowest BCUT2D eigenvalue weighted by atomic mass is 9.96. The number of anilines is 1. The van der Waals surface area contributed by atoms with Gasteiger partial charge in [-0.15, -0.1) is 0 Å². The Balaban J connectivity index is 1.50. The van der Waals surface area contributed by atoms with E-state index in [9.17, 15) is 23.1 Å². The van der Waals surface area contributed by atoms with Crippen molar-refractivity contribution in [2.24, 2.45) is 5.92 Å². The smallest absolute Gasteiger partial charge is 0.411 e. The lowest BCUT2D eigenvalue weighted by Crippen LogP contribution is -2.48. The standard InChI is InChI=1S/C27H28N2O6S/c1-18(2)17-35-27(32)28-23-11-7-19(8-12-23)20-9-13-24(14-10-20)36(33,34)29-16-22-6-4-3-5-21(22)15-25(29)26(30)31/h3-14,18,25H,15-17H2,1-2H3,(H,28,32)(H,30,31). The van der Waals surface area contributed by atoms with E-state index in [1.165, 1.54) is 12.1 Å². The Bertz CT molecular complexity index is 1350. The number of amides is 1. The van der Waals surface area contributed by atoms with Gasteiger partial charge in [0.2, 0.25) is 10.0 Å². The number of rotatable bonds is 7. The van der Waals surface area contributed by atoms with Crippen LogP contribution in [0.3, 0.4) is 0 Å². The van der Waals surface area contributed by atoms with Gasteiger partial charge in [-0.25, -0.2) is 13.2 Å². The molecule has 0 aliphatic carbocycles. The molecule has 8 nitrogen and oxygen atoms in total. The number of nitrogens with zero attached hydrogens (tertiary/aromatic N) is 1. The van der Waals surface area contributed by atoms with Crippen LogP contribution in [0.1, 0.15) is 25.0 Å². The number of ether oxygens (including phenoxy) is 1. The molecular formula is C27H28N2O6S. The Morgan fingerprint density at radius 1 is 0.972 bits per heavy atom. The Hall–Kier alpha value is -3.69. The maximum atomic E-state index is 13.4. The maximum absolute atomic E-state index is 13.4. The summed E-state index contributed by atoms with van der Waals surface area (Å²) in [6, 6.07) is 19.5. The number of carbonyl (C=O) groups excluding carboxylic acids is 1. The van der Waals surface area contributed by atoms with E-state index in [1.807, 2.05) is 50.2 Å². The lowest BCUT2D eigenvalue weighted by molar-refractivity contribution is -0.141. The highest BCUT2D eigenvalue weighted by molar-refractivity contribution is 7.89. The van der Waals surface area contributed by atoms with Crippen molar-refractivity contribution in [3.63, 3.8) is 0 Å². The van der Waals surface area contributed by atoms with E-state index in [2.05, 4.69) is 5.32 Å². The summed E-state index contributed by atoms with van der Waals surface area (Å²) in [5.41, 5.74) is 3.84. The summed E-state index contributed by atoms with van der Waals surface area (Å²) in [7, 11) is -4.04. The summed E-state index contributed by atoms with van der Waals surface area (Å²) >= 11 is 0. The predicted molar refractivity (Wildman–Crippen MR) is 136 cm³/mol. The number of benzene rings is 3. The molecule has 1 unspecified atom stereocenters. The van der Waals surface area contributed by atoms with Crippen LogP contribution in [-0.4, -0.2) is 42.5 Å². The van der Waals surface area contributed by atoms with Crippen molar-refractivity contribution in [3.05, 3.63) is 83.9 Å². The Morgan fingerprint density at radius 2 is 1.56 bits per heavy atom. The molecule has 0 aromatic heterocycles. The minimum absolute atomic E-state index is 0.00525. The number of nitrogens with one attached hydrogen (secondary N) is 1. The fourth-order valence-electron chi connectivity index (χ4n) is 4.06. The second-order valence-corrected chi connectivity index (χ2v) is 11.0. The molecule has 0 fully saturated rings. The number of sulfonamides is 1. The molecule has 1 aliphatic rings. The van der Waals surface area contributed by atoms with Gasteiger partial charge in [-0.2, -0.15) is 4.31 Å². The van der Waals surface area contributed by atoms with Crippen molar-refractivity contribution in [2.75, 3.05) is 11.9 Å². The SMILES string of the molecule is CC(C)COC(=O)Nc1ccc(-c2ccc(S(=O)(=O)N3Cc4ccccc4CC3C(=O)O)cc2)cc1. The van der Waals surface area contributed by atoms with Crippen LogP contribution in [0, 0.1) is 5.92 Å². The largest absolute Gasteiger partial charge is 0.480 e. The highest BCUT2D eigenvalue weighted by Crippen LogP contribution is 2.30. The number of hydrogen-bond acceptors (Lipinski definition) is 5. The third-order valence-electron chi connectivity index (χ3n) is 5.96. The quantitative estimate of drug-likeness (QED) is 0.476. The van der Waals surface area contributed by atoms with Crippen molar-refractivity contribution >= 4 is 27.8 Å². The molecule has 2 N–H and O–H groups in total. The van der Waals surface area contributed by atoms with E-state index >= 15 is 0 Å². The van der Waals surface area contributed by atoms with Crippen molar-refractivity contribution < 1.29 is 27.9 Å². The van der Waals surface area contributed by atoms with Gasteiger partial charge in [0.1, 0.15) is 6.04 Å². The van der Waals surface area contributed by atoms with Gasteiger partial charge in [-0.05, 0) is 52.4 Å². The molecule has 36 heavy (non-hydrogen) atoms. The first-order valence-electron chi connectivity index (χ1n) is 11.6. The number of hydrogen-bond donors (Lipinski definition) is 2. The number of aliphatic carboxylic acids is 1. The molecule has 4 rings (SSSR count). The summed E-state index contributed by atoms with van der Waals surface area (Å²) in [5.74, 6) is -0.933. The third-order valence-corrected chi connectivity index (χ3v) is 7.83.